The van der Waals surface area contributed by atoms with Crippen molar-refractivity contribution >= 4 is 10.1 Å². The summed E-state index contributed by atoms with van der Waals surface area (Å²) in [6.07, 6.45) is 2.54. The minimum Gasteiger partial charge on any atom is -0.744 e. The van der Waals surface area contributed by atoms with E-state index in [9.17, 15) is 18.1 Å². The molecule has 1 unspecified atom stereocenters. The lowest BCUT2D eigenvalue weighted by Gasteiger charge is -2.38. The molecule has 3 aromatic rings. The van der Waals surface area contributed by atoms with Crippen LogP contribution in [0.4, 0.5) is 0 Å². The number of benzene rings is 3. The molecule has 0 fully saturated rings. The minimum atomic E-state index is -4.27. The maximum atomic E-state index is 10.4. The van der Waals surface area contributed by atoms with Crippen molar-refractivity contribution in [1.29, 1.82) is 0 Å². The van der Waals surface area contributed by atoms with Crippen molar-refractivity contribution in [2.45, 2.75) is 71.0 Å². The first-order chi connectivity index (χ1) is 16.9. The molecule has 4 rings (SSSR count). The van der Waals surface area contributed by atoms with Crippen molar-refractivity contribution in [3.05, 3.63) is 88.0 Å². The molecule has 7 heteroatoms. The van der Waals surface area contributed by atoms with Crippen LogP contribution in [0.1, 0.15) is 53.1 Å². The Morgan fingerprint density at radius 3 is 2.19 bits per heavy atom. The summed E-state index contributed by atoms with van der Waals surface area (Å²) in [7, 11) is -4.27. The van der Waals surface area contributed by atoms with Crippen molar-refractivity contribution in [2.24, 2.45) is 0 Å². The molecular weight excluding hydrogens is 476 g/mol. The number of hydrogen-bond acceptors (Lipinski definition) is 6. The van der Waals surface area contributed by atoms with Crippen molar-refractivity contribution in [2.75, 3.05) is 6.61 Å². The van der Waals surface area contributed by atoms with E-state index in [4.69, 9.17) is 9.47 Å². The fourth-order valence-electron chi connectivity index (χ4n) is 4.35. The Morgan fingerprint density at radius 2 is 1.61 bits per heavy atom. The van der Waals surface area contributed by atoms with Crippen LogP contribution in [0.3, 0.4) is 0 Å². The highest BCUT2D eigenvalue weighted by Crippen LogP contribution is 2.44. The maximum Gasteiger partial charge on any atom is 0.127 e. The normalized spacial score (nSPS) is 16.9. The molecule has 1 heterocycles. The highest BCUT2D eigenvalue weighted by Gasteiger charge is 2.34. The largest absolute Gasteiger partial charge is 0.744 e. The molecule has 0 saturated heterocycles. The number of rotatable bonds is 6. The fourth-order valence-corrected chi connectivity index (χ4v) is 4.81. The zero-order valence-corrected chi connectivity index (χ0v) is 22.4. The molecule has 0 spiro atoms. The van der Waals surface area contributed by atoms with Gasteiger partial charge in [-0.2, -0.15) is 0 Å². The van der Waals surface area contributed by atoms with Gasteiger partial charge in [0.05, 0.1) is 4.90 Å². The van der Waals surface area contributed by atoms with Gasteiger partial charge in [0.15, 0.2) is 0 Å². The van der Waals surface area contributed by atoms with Gasteiger partial charge in [0.1, 0.15) is 33.8 Å². The molecule has 194 valence electrons. The van der Waals surface area contributed by atoms with E-state index in [1.54, 1.807) is 12.1 Å². The molecule has 0 aromatic heterocycles. The molecular formula is C29H35O6S-. The number of ether oxygens (including phenoxy) is 2. The molecule has 1 N–H and O–H groups in total. The van der Waals surface area contributed by atoms with E-state index < -0.39 is 10.1 Å². The number of aliphatic hydroxyl groups excluding tert-OH is 1. The summed E-state index contributed by atoms with van der Waals surface area (Å²) >= 11 is 0. The van der Waals surface area contributed by atoms with Crippen LogP contribution in [0.2, 0.25) is 0 Å². The van der Waals surface area contributed by atoms with Crippen LogP contribution >= 0.6 is 0 Å². The van der Waals surface area contributed by atoms with Gasteiger partial charge in [-0.25, -0.2) is 8.42 Å². The first kappa shape index (κ1) is 27.7. The van der Waals surface area contributed by atoms with Crippen LogP contribution < -0.4 is 9.47 Å². The first-order valence-electron chi connectivity index (χ1n) is 12.1. The Morgan fingerprint density at radius 1 is 0.972 bits per heavy atom. The van der Waals surface area contributed by atoms with Gasteiger partial charge < -0.3 is 19.1 Å². The van der Waals surface area contributed by atoms with Gasteiger partial charge in [-0.15, -0.1) is 0 Å². The Hall–Kier alpha value is -2.87. The molecule has 36 heavy (non-hydrogen) atoms. The summed E-state index contributed by atoms with van der Waals surface area (Å²) in [5.74, 6) is 1.97. The summed E-state index contributed by atoms with van der Waals surface area (Å²) in [6.45, 7) is 11.0. The SMILES string of the molecule is Cc1c(C)c2c(c(C)c1OCc1ccccc1)CCC(C)(CCO)O2.Cc1ccc(S(=O)(=O)[O-])cc1. The zero-order chi connectivity index (χ0) is 26.5. The Labute approximate surface area is 214 Å². The van der Waals surface area contributed by atoms with Crippen LogP contribution in [-0.4, -0.2) is 30.3 Å². The van der Waals surface area contributed by atoms with E-state index in [2.05, 4.69) is 39.8 Å². The zero-order valence-electron chi connectivity index (χ0n) is 21.6. The Kier molecular flexibility index (Phi) is 8.82. The number of hydrogen-bond donors (Lipinski definition) is 1. The summed E-state index contributed by atoms with van der Waals surface area (Å²) in [5, 5.41) is 9.33. The van der Waals surface area contributed by atoms with Crippen LogP contribution in [0, 0.1) is 27.7 Å². The van der Waals surface area contributed by atoms with E-state index in [1.165, 1.54) is 28.8 Å². The van der Waals surface area contributed by atoms with Crippen molar-refractivity contribution in [3.63, 3.8) is 0 Å². The molecule has 0 aliphatic carbocycles. The van der Waals surface area contributed by atoms with E-state index in [-0.39, 0.29) is 17.1 Å². The predicted octanol–water partition coefficient (Wildman–Crippen LogP) is 5.56. The second-order valence-corrected chi connectivity index (χ2v) is 11.0. The summed E-state index contributed by atoms with van der Waals surface area (Å²) in [4.78, 5) is -0.178. The molecule has 3 aromatic carbocycles. The Bertz CT molecular complexity index is 1280. The van der Waals surface area contributed by atoms with E-state index >= 15 is 0 Å². The van der Waals surface area contributed by atoms with E-state index in [0.717, 1.165) is 41.0 Å². The smallest absolute Gasteiger partial charge is 0.127 e. The lowest BCUT2D eigenvalue weighted by atomic mass is 9.86. The fraction of sp³-hybridized carbons (Fsp3) is 0.379. The summed E-state index contributed by atoms with van der Waals surface area (Å²) in [6, 6.07) is 16.0. The third kappa shape index (κ3) is 6.66. The molecule has 0 amide bonds. The monoisotopic (exact) mass is 511 g/mol. The van der Waals surface area contributed by atoms with Gasteiger partial charge in [-0.05, 0) is 81.8 Å². The highest BCUT2D eigenvalue weighted by molar-refractivity contribution is 7.85. The van der Waals surface area contributed by atoms with Crippen molar-refractivity contribution in [3.8, 4) is 11.5 Å². The minimum absolute atomic E-state index is 0.154. The van der Waals surface area contributed by atoms with Gasteiger partial charge in [-0.3, -0.25) is 0 Å². The third-order valence-corrected chi connectivity index (χ3v) is 7.59. The van der Waals surface area contributed by atoms with Gasteiger partial charge in [0.25, 0.3) is 0 Å². The van der Waals surface area contributed by atoms with E-state index in [1.807, 2.05) is 25.1 Å². The standard InChI is InChI=1S/C22H28O3.C7H8O3S/c1-15-16(2)21-19(10-11-22(4,25-21)12-13-23)17(3)20(15)24-14-18-8-6-5-7-9-18;1-6-2-4-7(5-3-6)11(8,9)10/h5-9,23H,10-14H2,1-4H3;2-5H,1H3,(H,8,9,10)/p-1. The molecule has 1 aliphatic rings. The lowest BCUT2D eigenvalue weighted by molar-refractivity contribution is 0.0377. The average Bonchev–Trinajstić information content (AvgIpc) is 2.83. The first-order valence-corrected chi connectivity index (χ1v) is 13.5. The van der Waals surface area contributed by atoms with Gasteiger partial charge in [0.2, 0.25) is 0 Å². The maximum absolute atomic E-state index is 10.4. The number of aliphatic hydroxyl groups is 1. The summed E-state index contributed by atoms with van der Waals surface area (Å²) < 4.78 is 43.7. The molecule has 0 saturated carbocycles. The van der Waals surface area contributed by atoms with Crippen molar-refractivity contribution in [1.82, 2.24) is 0 Å². The third-order valence-electron chi connectivity index (χ3n) is 6.74. The number of fused-ring (bicyclic) bond motifs is 1. The topological polar surface area (TPSA) is 95.9 Å². The van der Waals surface area contributed by atoms with Crippen molar-refractivity contribution < 1.29 is 27.6 Å². The highest BCUT2D eigenvalue weighted by atomic mass is 32.2. The quantitative estimate of drug-likeness (QED) is 0.436. The van der Waals surface area contributed by atoms with Crippen LogP contribution in [0.5, 0.6) is 11.5 Å². The average molecular weight is 512 g/mol. The second-order valence-electron chi connectivity index (χ2n) is 9.58. The lowest BCUT2D eigenvalue weighted by Crippen LogP contribution is -2.38. The Balaban J connectivity index is 0.000000275. The molecule has 1 atom stereocenters. The second kappa shape index (κ2) is 11.5. The number of aryl methyl sites for hydroxylation is 1. The van der Waals surface area contributed by atoms with Gasteiger partial charge in [-0.1, -0.05) is 48.0 Å². The summed E-state index contributed by atoms with van der Waals surface area (Å²) in [5.41, 5.74) is 6.54. The molecule has 0 radical (unpaired) electrons. The van der Waals surface area contributed by atoms with E-state index in [0.29, 0.717) is 13.0 Å². The van der Waals surface area contributed by atoms with Crippen LogP contribution in [0.15, 0.2) is 59.5 Å². The molecule has 1 aliphatic heterocycles. The molecule has 6 nitrogen and oxygen atoms in total. The predicted molar refractivity (Wildman–Crippen MR) is 140 cm³/mol. The van der Waals surface area contributed by atoms with Gasteiger partial charge in [0, 0.05) is 18.6 Å². The molecule has 0 bridgehead atoms. The van der Waals surface area contributed by atoms with Gasteiger partial charge >= 0.3 is 0 Å². The van der Waals surface area contributed by atoms with Crippen LogP contribution in [0.25, 0.3) is 0 Å². The van der Waals surface area contributed by atoms with Crippen LogP contribution in [-0.2, 0) is 23.1 Å².